The van der Waals surface area contributed by atoms with Gasteiger partial charge in [0.2, 0.25) is 0 Å². The van der Waals surface area contributed by atoms with Gasteiger partial charge in [0.25, 0.3) is 0 Å². The number of nitrogen functional groups attached to an aromatic ring is 1. The standard InChI is InChI=1S/C11H16N2O2/c12-10-5-2-1-4-9(10)11(14)8-13-6-3-7-15-13/h1-2,4-5,11,14H,3,6-8,12H2. The maximum Gasteiger partial charge on any atom is 0.0960 e. The number of hydrogen-bond acceptors (Lipinski definition) is 4. The van der Waals surface area contributed by atoms with Crippen LogP contribution in [0.1, 0.15) is 18.1 Å². The van der Waals surface area contributed by atoms with Gasteiger partial charge in [-0.3, -0.25) is 4.84 Å². The second-order valence-corrected chi connectivity index (χ2v) is 3.72. The number of nitrogens with zero attached hydrogens (tertiary/aromatic N) is 1. The second-order valence-electron chi connectivity index (χ2n) is 3.72. The molecule has 0 saturated carbocycles. The van der Waals surface area contributed by atoms with Gasteiger partial charge >= 0.3 is 0 Å². The van der Waals surface area contributed by atoms with Gasteiger partial charge in [-0.15, -0.1) is 0 Å². The van der Waals surface area contributed by atoms with Crippen molar-refractivity contribution in [2.45, 2.75) is 12.5 Å². The largest absolute Gasteiger partial charge is 0.398 e. The zero-order chi connectivity index (χ0) is 10.7. The fourth-order valence-corrected chi connectivity index (χ4v) is 1.75. The maximum atomic E-state index is 9.96. The van der Waals surface area contributed by atoms with E-state index < -0.39 is 6.10 Å². The van der Waals surface area contributed by atoms with Gasteiger partial charge in [0.15, 0.2) is 0 Å². The molecule has 1 aliphatic heterocycles. The lowest BCUT2D eigenvalue weighted by molar-refractivity contribution is -0.128. The molecule has 15 heavy (non-hydrogen) atoms. The van der Waals surface area contributed by atoms with Crippen LogP contribution < -0.4 is 5.73 Å². The first-order valence-corrected chi connectivity index (χ1v) is 5.17. The quantitative estimate of drug-likeness (QED) is 0.726. The fraction of sp³-hybridized carbons (Fsp3) is 0.455. The number of para-hydroxylation sites is 1. The number of aliphatic hydroxyl groups is 1. The summed E-state index contributed by atoms with van der Waals surface area (Å²) >= 11 is 0. The molecule has 3 N–H and O–H groups in total. The van der Waals surface area contributed by atoms with Crippen molar-refractivity contribution in [1.82, 2.24) is 5.06 Å². The molecule has 1 heterocycles. The minimum atomic E-state index is -0.579. The third-order valence-electron chi connectivity index (χ3n) is 2.56. The molecule has 1 fully saturated rings. The Labute approximate surface area is 89.2 Å². The zero-order valence-electron chi connectivity index (χ0n) is 8.60. The SMILES string of the molecule is Nc1ccccc1C(O)CN1CCCO1. The molecular formula is C11H16N2O2. The molecular weight excluding hydrogens is 192 g/mol. The van der Waals surface area contributed by atoms with Gasteiger partial charge in [-0.2, -0.15) is 5.06 Å². The highest BCUT2D eigenvalue weighted by Crippen LogP contribution is 2.21. The Balaban J connectivity index is 2.00. The Morgan fingerprint density at radius 2 is 2.27 bits per heavy atom. The van der Waals surface area contributed by atoms with E-state index in [9.17, 15) is 5.11 Å². The molecule has 1 aromatic carbocycles. The predicted molar refractivity (Wildman–Crippen MR) is 58.0 cm³/mol. The second kappa shape index (κ2) is 4.61. The van der Waals surface area contributed by atoms with Crippen LogP contribution in [0.15, 0.2) is 24.3 Å². The molecule has 0 aromatic heterocycles. The highest BCUT2D eigenvalue weighted by molar-refractivity contribution is 5.47. The maximum absolute atomic E-state index is 9.96. The summed E-state index contributed by atoms with van der Waals surface area (Å²) in [6.45, 7) is 2.11. The molecule has 1 atom stereocenters. The molecule has 0 spiro atoms. The van der Waals surface area contributed by atoms with Crippen LogP contribution >= 0.6 is 0 Å². The van der Waals surface area contributed by atoms with Crippen molar-refractivity contribution in [3.05, 3.63) is 29.8 Å². The molecule has 0 amide bonds. The number of nitrogens with two attached hydrogens (primary N) is 1. The van der Waals surface area contributed by atoms with E-state index in [1.807, 2.05) is 18.2 Å². The normalized spacial score (nSPS) is 19.3. The van der Waals surface area contributed by atoms with Crippen LogP contribution in [0.3, 0.4) is 0 Å². The average Bonchev–Trinajstić information content (AvgIpc) is 2.71. The summed E-state index contributed by atoms with van der Waals surface area (Å²) in [4.78, 5) is 5.32. The van der Waals surface area contributed by atoms with Crippen LogP contribution in [0.2, 0.25) is 0 Å². The van der Waals surface area contributed by atoms with E-state index >= 15 is 0 Å². The lowest BCUT2D eigenvalue weighted by atomic mass is 10.1. The van der Waals surface area contributed by atoms with E-state index in [1.165, 1.54) is 0 Å². The summed E-state index contributed by atoms with van der Waals surface area (Å²) in [6.07, 6.45) is 0.445. The van der Waals surface area contributed by atoms with Crippen LogP contribution in [0.5, 0.6) is 0 Å². The highest BCUT2D eigenvalue weighted by atomic mass is 16.7. The highest BCUT2D eigenvalue weighted by Gasteiger charge is 2.18. The van der Waals surface area contributed by atoms with E-state index in [2.05, 4.69) is 0 Å². The third-order valence-corrected chi connectivity index (χ3v) is 2.56. The lowest BCUT2D eigenvalue weighted by Gasteiger charge is -2.19. The first kappa shape index (κ1) is 10.4. The van der Waals surface area contributed by atoms with E-state index in [1.54, 1.807) is 11.1 Å². The van der Waals surface area contributed by atoms with E-state index in [0.29, 0.717) is 12.2 Å². The van der Waals surface area contributed by atoms with Gasteiger partial charge in [0, 0.05) is 17.8 Å². The predicted octanol–water partition coefficient (Wildman–Crippen LogP) is 0.940. The third kappa shape index (κ3) is 2.47. The number of hydroxylamine groups is 2. The number of aliphatic hydroxyl groups excluding tert-OH is 1. The molecule has 1 unspecified atom stereocenters. The monoisotopic (exact) mass is 208 g/mol. The minimum Gasteiger partial charge on any atom is -0.398 e. The molecule has 0 aliphatic carbocycles. The van der Waals surface area contributed by atoms with Crippen LogP contribution in [-0.4, -0.2) is 29.9 Å². The van der Waals surface area contributed by atoms with Crippen LogP contribution in [0.25, 0.3) is 0 Å². The van der Waals surface area contributed by atoms with Gasteiger partial charge in [-0.05, 0) is 12.5 Å². The van der Waals surface area contributed by atoms with Crippen molar-refractivity contribution in [2.75, 3.05) is 25.4 Å². The smallest absolute Gasteiger partial charge is 0.0960 e. The van der Waals surface area contributed by atoms with Gasteiger partial charge in [0.1, 0.15) is 0 Å². The molecule has 1 aliphatic rings. The topological polar surface area (TPSA) is 58.7 Å². The molecule has 1 saturated heterocycles. The number of anilines is 1. The van der Waals surface area contributed by atoms with Crippen molar-refractivity contribution in [3.63, 3.8) is 0 Å². The summed E-state index contributed by atoms with van der Waals surface area (Å²) in [7, 11) is 0. The van der Waals surface area contributed by atoms with Gasteiger partial charge in [-0.1, -0.05) is 18.2 Å². The van der Waals surface area contributed by atoms with E-state index in [0.717, 1.165) is 25.1 Å². The van der Waals surface area contributed by atoms with Crippen LogP contribution in [-0.2, 0) is 4.84 Å². The summed E-state index contributed by atoms with van der Waals surface area (Å²) in [5.41, 5.74) is 7.18. The van der Waals surface area contributed by atoms with Crippen molar-refractivity contribution >= 4 is 5.69 Å². The Morgan fingerprint density at radius 1 is 1.47 bits per heavy atom. The molecule has 0 bridgehead atoms. The molecule has 4 heteroatoms. The summed E-state index contributed by atoms with van der Waals surface area (Å²) in [5, 5.41) is 11.7. The zero-order valence-corrected chi connectivity index (χ0v) is 8.60. The number of benzene rings is 1. The van der Waals surface area contributed by atoms with Crippen LogP contribution in [0.4, 0.5) is 5.69 Å². The number of rotatable bonds is 3. The summed E-state index contributed by atoms with van der Waals surface area (Å²) in [6, 6.07) is 7.37. The van der Waals surface area contributed by atoms with Crippen molar-refractivity contribution in [1.29, 1.82) is 0 Å². The molecule has 1 aromatic rings. The fourth-order valence-electron chi connectivity index (χ4n) is 1.75. The summed E-state index contributed by atoms with van der Waals surface area (Å²) in [5.74, 6) is 0. The number of β-amino-alcohol motifs (C(OH)–C–C–N with tert-alkyl or cyclic N) is 1. The Bertz CT molecular complexity index is 324. The molecule has 0 radical (unpaired) electrons. The van der Waals surface area contributed by atoms with Gasteiger partial charge < -0.3 is 10.8 Å². The summed E-state index contributed by atoms with van der Waals surface area (Å²) < 4.78 is 0. The van der Waals surface area contributed by atoms with Gasteiger partial charge in [0.05, 0.1) is 19.3 Å². The Hall–Kier alpha value is -1.10. The van der Waals surface area contributed by atoms with E-state index in [-0.39, 0.29) is 0 Å². The lowest BCUT2D eigenvalue weighted by Crippen LogP contribution is -2.24. The first-order valence-electron chi connectivity index (χ1n) is 5.17. The van der Waals surface area contributed by atoms with Crippen molar-refractivity contribution in [2.24, 2.45) is 0 Å². The Kier molecular flexibility index (Phi) is 3.20. The van der Waals surface area contributed by atoms with Crippen molar-refractivity contribution in [3.8, 4) is 0 Å². The van der Waals surface area contributed by atoms with Crippen molar-refractivity contribution < 1.29 is 9.94 Å². The minimum absolute atomic E-state index is 0.480. The van der Waals surface area contributed by atoms with Crippen LogP contribution in [0, 0.1) is 0 Å². The van der Waals surface area contributed by atoms with Gasteiger partial charge in [-0.25, -0.2) is 0 Å². The molecule has 4 nitrogen and oxygen atoms in total. The molecule has 82 valence electrons. The molecule has 2 rings (SSSR count). The average molecular weight is 208 g/mol. The number of hydrogen-bond donors (Lipinski definition) is 2. The first-order chi connectivity index (χ1) is 7.27. The Morgan fingerprint density at radius 3 is 2.93 bits per heavy atom. The van der Waals surface area contributed by atoms with E-state index in [4.69, 9.17) is 10.6 Å².